The van der Waals surface area contributed by atoms with E-state index in [1.54, 1.807) is 33.4 Å². The maximum absolute atomic E-state index is 14.5. The molecule has 1 N–H and O–H groups in total. The van der Waals surface area contributed by atoms with E-state index < -0.39 is 77.9 Å². The van der Waals surface area contributed by atoms with Crippen LogP contribution >= 0.6 is 0 Å². The summed E-state index contributed by atoms with van der Waals surface area (Å²) in [4.78, 5) is 43.8. The van der Waals surface area contributed by atoms with Crippen molar-refractivity contribution in [2.45, 2.75) is 141 Å². The molecule has 0 radical (unpaired) electrons. The molecular weight excluding hydrogens is 773 g/mol. The van der Waals surface area contributed by atoms with Crippen molar-refractivity contribution >= 4 is 23.9 Å². The van der Waals surface area contributed by atoms with Crippen LogP contribution in [0, 0.1) is 23.7 Å². The van der Waals surface area contributed by atoms with Gasteiger partial charge in [0.1, 0.15) is 25.1 Å². The van der Waals surface area contributed by atoms with E-state index in [1.807, 2.05) is 103 Å². The molecule has 332 valence electrons. The quantitative estimate of drug-likeness (QED) is 0.189. The number of benzene rings is 1. The summed E-state index contributed by atoms with van der Waals surface area (Å²) in [7, 11) is 5.45. The zero-order valence-electron chi connectivity index (χ0n) is 37.1. The van der Waals surface area contributed by atoms with Crippen LogP contribution in [0.5, 0.6) is 0 Å². The highest BCUT2D eigenvalue weighted by Crippen LogP contribution is 2.43. The monoisotopic (exact) mass is 838 g/mol. The van der Waals surface area contributed by atoms with Gasteiger partial charge in [-0.3, -0.25) is 4.79 Å². The van der Waals surface area contributed by atoms with Gasteiger partial charge in [0.15, 0.2) is 18.0 Å². The molecule has 0 saturated carbocycles. The number of aliphatic hydroxyl groups is 1. The molecular formula is C45H66N4O11. The molecule has 2 aromatic rings. The minimum absolute atomic E-state index is 0.117. The number of ether oxygens (including phenoxy) is 7. The third-order valence-corrected chi connectivity index (χ3v) is 12.5. The van der Waals surface area contributed by atoms with Crippen molar-refractivity contribution < 1.29 is 52.7 Å². The molecule has 3 aliphatic heterocycles. The van der Waals surface area contributed by atoms with Gasteiger partial charge in [0.25, 0.3) is 0 Å². The number of hydrogen-bond donors (Lipinski definition) is 1. The van der Waals surface area contributed by atoms with Gasteiger partial charge < -0.3 is 48.0 Å². The Hall–Kier alpha value is -3.99. The summed E-state index contributed by atoms with van der Waals surface area (Å²) in [5.74, 6) is -2.93. The lowest BCUT2D eigenvalue weighted by atomic mass is 9.73. The second kappa shape index (κ2) is 20.7. The highest BCUT2D eigenvalue weighted by Gasteiger charge is 2.59. The molecule has 0 aliphatic carbocycles. The lowest BCUT2D eigenvalue weighted by molar-refractivity contribution is -0.302. The van der Waals surface area contributed by atoms with Crippen molar-refractivity contribution in [1.82, 2.24) is 14.9 Å². The van der Waals surface area contributed by atoms with Crippen molar-refractivity contribution in [3.05, 3.63) is 66.3 Å². The Kier molecular flexibility index (Phi) is 16.3. The molecule has 0 unspecified atom stereocenters. The fourth-order valence-electron chi connectivity index (χ4n) is 9.17. The predicted molar refractivity (Wildman–Crippen MR) is 223 cm³/mol. The SMILES string of the molecule is CC[C@H]1OC(=O)[C@H](C)[C@@H](OC/C=C/c2cncnc2)[C@H](C)[C@@H](O[C@@H]2O[C@H](C)C[C@H](N(C)C)[C@H]2O)[C@](C)(OC)C[C@@H](C)/C(=N\OCc2ccccc2)[C@H](C)[C@H]2OC(=O)O[C@@]21C. The zero-order valence-corrected chi connectivity index (χ0v) is 37.1. The summed E-state index contributed by atoms with van der Waals surface area (Å²) in [5.41, 5.74) is -0.212. The number of carbonyl (C=O) groups excluding carboxylic acids is 2. The van der Waals surface area contributed by atoms with Crippen LogP contribution in [0.15, 0.2) is 60.3 Å². The Balaban J connectivity index is 1.62. The van der Waals surface area contributed by atoms with Crippen LogP contribution in [0.4, 0.5) is 4.79 Å². The molecule has 15 heteroatoms. The summed E-state index contributed by atoms with van der Waals surface area (Å²) in [5, 5.41) is 16.5. The maximum Gasteiger partial charge on any atom is 0.509 e. The largest absolute Gasteiger partial charge is 0.509 e. The molecule has 5 rings (SSSR count). The van der Waals surface area contributed by atoms with Gasteiger partial charge in [-0.25, -0.2) is 14.8 Å². The fourth-order valence-corrected chi connectivity index (χ4v) is 9.17. The number of esters is 1. The second-order valence-electron chi connectivity index (χ2n) is 17.2. The minimum atomic E-state index is -1.38. The third-order valence-electron chi connectivity index (χ3n) is 12.5. The van der Waals surface area contributed by atoms with Crippen molar-refractivity contribution in [1.29, 1.82) is 0 Å². The molecule has 1 aromatic carbocycles. The van der Waals surface area contributed by atoms with Crippen LogP contribution in [-0.2, 0) is 49.4 Å². The van der Waals surface area contributed by atoms with E-state index in [0.717, 1.165) is 11.1 Å². The topological polar surface area (TPSA) is 170 Å². The summed E-state index contributed by atoms with van der Waals surface area (Å²) in [6.07, 6.45) is 3.14. The second-order valence-corrected chi connectivity index (χ2v) is 17.2. The lowest BCUT2D eigenvalue weighted by Crippen LogP contribution is -2.60. The van der Waals surface area contributed by atoms with Crippen LogP contribution in [-0.4, -0.2) is 126 Å². The summed E-state index contributed by atoms with van der Waals surface area (Å²) < 4.78 is 44.7. The molecule has 1 aromatic heterocycles. The molecule has 15 nitrogen and oxygen atoms in total. The van der Waals surface area contributed by atoms with E-state index in [2.05, 4.69) is 9.97 Å². The third kappa shape index (κ3) is 10.9. The maximum atomic E-state index is 14.5. The number of nitrogens with zero attached hydrogens (tertiary/aromatic N) is 4. The van der Waals surface area contributed by atoms with Crippen LogP contribution < -0.4 is 0 Å². The number of oxime groups is 1. The molecule has 3 fully saturated rings. The average molecular weight is 839 g/mol. The summed E-state index contributed by atoms with van der Waals surface area (Å²) in [6.45, 7) is 15.4. The lowest BCUT2D eigenvalue weighted by Gasteiger charge is -2.48. The number of cyclic esters (lactones) is 1. The van der Waals surface area contributed by atoms with E-state index in [9.17, 15) is 14.7 Å². The Morgan fingerprint density at radius 1 is 1.02 bits per heavy atom. The van der Waals surface area contributed by atoms with Crippen LogP contribution in [0.1, 0.15) is 85.8 Å². The van der Waals surface area contributed by atoms with Crippen molar-refractivity contribution in [2.75, 3.05) is 27.8 Å². The number of carbonyl (C=O) groups is 2. The molecule has 0 amide bonds. The van der Waals surface area contributed by atoms with Gasteiger partial charge in [-0.15, -0.1) is 0 Å². The number of methoxy groups -OCH3 is 1. The predicted octanol–water partition coefficient (Wildman–Crippen LogP) is 6.23. The molecule has 60 heavy (non-hydrogen) atoms. The first-order valence-corrected chi connectivity index (χ1v) is 21.1. The fraction of sp³-hybridized carbons (Fsp3) is 0.667. The van der Waals surface area contributed by atoms with Gasteiger partial charge in [0, 0.05) is 48.9 Å². The number of aliphatic hydroxyl groups excluding tert-OH is 1. The van der Waals surface area contributed by atoms with E-state index >= 15 is 0 Å². The highest BCUT2D eigenvalue weighted by atomic mass is 16.8. The van der Waals surface area contributed by atoms with Crippen molar-refractivity contribution in [3.8, 4) is 0 Å². The standard InChI is InChI=1S/C45H66N4O11/c1-12-35-45(8)40(59-43(52)60-45)29(4)36(48-55-25-32-17-14-13-15-18-32)27(2)22-44(7,53-11)39(58-42-37(50)34(49(9)10)21-28(3)56-42)30(5)38(31(6)41(51)57-35)54-20-16-19-33-23-46-26-47-24-33/h13-19,23-24,26-31,34-35,37-40,42,50H,12,20-22,25H2,1-11H3/b19-16+,48-36+/t27-,28-,29+,30+,31-,34+,35-,37-,38+,39-,40-,42+,44-,45-/m1/s1. The van der Waals surface area contributed by atoms with Crippen LogP contribution in [0.2, 0.25) is 0 Å². The van der Waals surface area contributed by atoms with E-state index in [0.29, 0.717) is 25.0 Å². The minimum Gasteiger partial charge on any atom is -0.458 e. The smallest absolute Gasteiger partial charge is 0.458 e. The first-order valence-electron chi connectivity index (χ1n) is 21.1. The molecule has 3 aliphatic rings. The Morgan fingerprint density at radius 2 is 1.72 bits per heavy atom. The first-order chi connectivity index (χ1) is 28.5. The van der Waals surface area contributed by atoms with Gasteiger partial charge in [-0.2, -0.15) is 0 Å². The van der Waals surface area contributed by atoms with E-state index in [-0.39, 0.29) is 31.3 Å². The van der Waals surface area contributed by atoms with Gasteiger partial charge in [-0.05, 0) is 66.6 Å². The number of likely N-dealkylation sites (N-methyl/N-ethyl adjacent to an activating group) is 1. The van der Waals surface area contributed by atoms with Gasteiger partial charge >= 0.3 is 12.1 Å². The normalized spacial score (nSPS) is 37.6. The molecule has 0 spiro atoms. The molecule has 4 heterocycles. The highest BCUT2D eigenvalue weighted by molar-refractivity contribution is 5.89. The van der Waals surface area contributed by atoms with E-state index in [4.69, 9.17) is 43.2 Å². The van der Waals surface area contributed by atoms with Crippen molar-refractivity contribution in [2.24, 2.45) is 28.8 Å². The summed E-state index contributed by atoms with van der Waals surface area (Å²) >= 11 is 0. The molecule has 0 bridgehead atoms. The van der Waals surface area contributed by atoms with Gasteiger partial charge in [0.05, 0.1) is 42.1 Å². The zero-order chi connectivity index (χ0) is 43.8. The van der Waals surface area contributed by atoms with Crippen LogP contribution in [0.25, 0.3) is 6.08 Å². The first kappa shape index (κ1) is 47.1. The Bertz CT molecular complexity index is 1750. The average Bonchev–Trinajstić information content (AvgIpc) is 3.54. The van der Waals surface area contributed by atoms with E-state index in [1.165, 1.54) is 6.33 Å². The number of hydrogen-bond acceptors (Lipinski definition) is 15. The Morgan fingerprint density at radius 3 is 2.37 bits per heavy atom. The number of fused-ring (bicyclic) bond motifs is 1. The van der Waals surface area contributed by atoms with Crippen molar-refractivity contribution in [3.63, 3.8) is 0 Å². The molecule has 14 atom stereocenters. The number of rotatable bonds is 12. The van der Waals surface area contributed by atoms with Gasteiger partial charge in [0.2, 0.25) is 0 Å². The number of aromatic nitrogens is 2. The summed E-state index contributed by atoms with van der Waals surface area (Å²) in [6, 6.07) is 9.44. The molecule has 3 saturated heterocycles. The Labute approximate surface area is 355 Å². The van der Waals surface area contributed by atoms with Gasteiger partial charge in [-0.1, -0.05) is 75.3 Å². The van der Waals surface area contributed by atoms with Crippen LogP contribution in [0.3, 0.4) is 0 Å².